The fourth-order valence-electron chi connectivity index (χ4n) is 2.36. The van der Waals surface area contributed by atoms with Crippen LogP contribution in [-0.4, -0.2) is 31.6 Å². The van der Waals surface area contributed by atoms with Gasteiger partial charge in [-0.2, -0.15) is 0 Å². The van der Waals surface area contributed by atoms with Gasteiger partial charge < -0.3 is 10.2 Å². The Morgan fingerprint density at radius 2 is 2.31 bits per heavy atom. The molecule has 1 aromatic carbocycles. The molecule has 16 heavy (non-hydrogen) atoms. The zero-order valence-electron chi connectivity index (χ0n) is 9.95. The van der Waals surface area contributed by atoms with E-state index in [0.717, 1.165) is 26.1 Å². The number of rotatable bonds is 4. The largest absolute Gasteiger partial charge is 0.309 e. The minimum Gasteiger partial charge on any atom is -0.309 e. The molecule has 86 valence electrons. The second-order valence-electron chi connectivity index (χ2n) is 4.47. The molecule has 1 N–H and O–H groups in total. The predicted octanol–water partition coefficient (Wildman–Crippen LogP) is 1.99. The first-order valence-corrected chi connectivity index (χ1v) is 5.92. The van der Waals surface area contributed by atoms with Gasteiger partial charge in [-0.05, 0) is 31.1 Å². The van der Waals surface area contributed by atoms with E-state index in [9.17, 15) is 0 Å². The van der Waals surface area contributed by atoms with E-state index in [-0.39, 0.29) is 0 Å². The van der Waals surface area contributed by atoms with Gasteiger partial charge in [0.15, 0.2) is 0 Å². The lowest BCUT2D eigenvalue weighted by Crippen LogP contribution is -2.37. The van der Waals surface area contributed by atoms with Gasteiger partial charge in [-0.25, -0.2) is 0 Å². The number of benzene rings is 1. The lowest BCUT2D eigenvalue weighted by atomic mass is 9.94. The molecule has 2 heteroatoms. The predicted molar refractivity (Wildman–Crippen MR) is 68.6 cm³/mol. The number of fused-ring (bicyclic) bond motifs is 1. The first-order valence-electron chi connectivity index (χ1n) is 5.92. The molecule has 0 unspecified atom stereocenters. The Morgan fingerprint density at radius 3 is 3.12 bits per heavy atom. The summed E-state index contributed by atoms with van der Waals surface area (Å²) in [5.74, 6) is 0. The molecule has 0 radical (unpaired) electrons. The van der Waals surface area contributed by atoms with Crippen molar-refractivity contribution in [3.63, 3.8) is 0 Å². The van der Waals surface area contributed by atoms with Crippen molar-refractivity contribution in [2.75, 3.05) is 26.7 Å². The molecule has 0 saturated heterocycles. The van der Waals surface area contributed by atoms with E-state index in [0.29, 0.717) is 6.04 Å². The average molecular weight is 216 g/mol. The van der Waals surface area contributed by atoms with Gasteiger partial charge in [0.2, 0.25) is 0 Å². The van der Waals surface area contributed by atoms with E-state index >= 15 is 0 Å². The lowest BCUT2D eigenvalue weighted by molar-refractivity contribution is 0.310. The van der Waals surface area contributed by atoms with Crippen LogP contribution < -0.4 is 5.32 Å². The van der Waals surface area contributed by atoms with Gasteiger partial charge in [-0.1, -0.05) is 30.3 Å². The fourth-order valence-corrected chi connectivity index (χ4v) is 2.36. The number of likely N-dealkylation sites (N-methyl/N-ethyl adjacent to an activating group) is 1. The number of hydrogen-bond acceptors (Lipinski definition) is 2. The van der Waals surface area contributed by atoms with Gasteiger partial charge in [0.05, 0.1) is 0 Å². The standard InChI is InChI=1S/C14H20N2/c1-3-10-16(2)11-14-13-7-5-4-6-12(13)8-9-15-14/h3-7,14-15H,1,8-11H2,2H3/t14-/m0/s1. The van der Waals surface area contributed by atoms with Crippen LogP contribution >= 0.6 is 0 Å². The summed E-state index contributed by atoms with van der Waals surface area (Å²) in [6.07, 6.45) is 3.10. The molecule has 2 rings (SSSR count). The van der Waals surface area contributed by atoms with Crippen molar-refractivity contribution in [1.82, 2.24) is 10.2 Å². The Kier molecular flexibility index (Phi) is 3.75. The number of hydrogen-bond donors (Lipinski definition) is 1. The van der Waals surface area contributed by atoms with Crippen molar-refractivity contribution in [2.45, 2.75) is 12.5 Å². The highest BCUT2D eigenvalue weighted by Crippen LogP contribution is 2.22. The molecule has 1 atom stereocenters. The van der Waals surface area contributed by atoms with E-state index in [1.807, 2.05) is 6.08 Å². The summed E-state index contributed by atoms with van der Waals surface area (Å²) in [6.45, 7) is 6.85. The van der Waals surface area contributed by atoms with Gasteiger partial charge >= 0.3 is 0 Å². The van der Waals surface area contributed by atoms with Crippen molar-refractivity contribution >= 4 is 0 Å². The zero-order chi connectivity index (χ0) is 11.4. The maximum absolute atomic E-state index is 3.78. The van der Waals surface area contributed by atoms with Crippen LogP contribution in [0.2, 0.25) is 0 Å². The second-order valence-corrected chi connectivity index (χ2v) is 4.47. The highest BCUT2D eigenvalue weighted by Gasteiger charge is 2.19. The summed E-state index contributed by atoms with van der Waals surface area (Å²) in [5, 5.41) is 3.59. The summed E-state index contributed by atoms with van der Waals surface area (Å²) < 4.78 is 0. The van der Waals surface area contributed by atoms with Crippen molar-refractivity contribution in [1.29, 1.82) is 0 Å². The maximum Gasteiger partial charge on any atom is 0.0452 e. The summed E-state index contributed by atoms with van der Waals surface area (Å²) in [7, 11) is 2.14. The van der Waals surface area contributed by atoms with Crippen molar-refractivity contribution in [2.24, 2.45) is 0 Å². The molecule has 1 aromatic rings. The summed E-state index contributed by atoms with van der Waals surface area (Å²) in [6, 6.07) is 9.22. The minimum atomic E-state index is 0.467. The topological polar surface area (TPSA) is 15.3 Å². The minimum absolute atomic E-state index is 0.467. The molecule has 0 bridgehead atoms. The van der Waals surface area contributed by atoms with Gasteiger partial charge in [0, 0.05) is 19.1 Å². The Balaban J connectivity index is 2.09. The average Bonchev–Trinajstić information content (AvgIpc) is 2.30. The van der Waals surface area contributed by atoms with Crippen molar-refractivity contribution in [3.8, 4) is 0 Å². The molecule has 1 aliphatic rings. The Hall–Kier alpha value is -1.12. The molecule has 0 saturated carbocycles. The smallest absolute Gasteiger partial charge is 0.0452 e. The summed E-state index contributed by atoms with van der Waals surface area (Å²) in [5.41, 5.74) is 2.96. The van der Waals surface area contributed by atoms with E-state index < -0.39 is 0 Å². The third-order valence-corrected chi connectivity index (χ3v) is 3.15. The Morgan fingerprint density at radius 1 is 1.50 bits per heavy atom. The second kappa shape index (κ2) is 5.28. The molecule has 1 heterocycles. The van der Waals surface area contributed by atoms with Crippen LogP contribution in [0.15, 0.2) is 36.9 Å². The lowest BCUT2D eigenvalue weighted by Gasteiger charge is -2.30. The summed E-state index contributed by atoms with van der Waals surface area (Å²) >= 11 is 0. The quantitative estimate of drug-likeness (QED) is 0.774. The molecule has 0 spiro atoms. The third-order valence-electron chi connectivity index (χ3n) is 3.15. The van der Waals surface area contributed by atoms with E-state index in [2.05, 4.69) is 48.1 Å². The summed E-state index contributed by atoms with van der Waals surface area (Å²) in [4.78, 5) is 2.30. The Bertz CT molecular complexity index is 360. The van der Waals surface area contributed by atoms with Crippen LogP contribution in [0.25, 0.3) is 0 Å². The first kappa shape index (κ1) is 11.4. The van der Waals surface area contributed by atoms with E-state index in [1.165, 1.54) is 11.1 Å². The zero-order valence-corrected chi connectivity index (χ0v) is 9.95. The normalized spacial score (nSPS) is 19.5. The van der Waals surface area contributed by atoms with Gasteiger partial charge in [-0.3, -0.25) is 0 Å². The maximum atomic E-state index is 3.78. The molecular weight excluding hydrogens is 196 g/mol. The Labute approximate surface area is 98.0 Å². The van der Waals surface area contributed by atoms with E-state index in [4.69, 9.17) is 0 Å². The third kappa shape index (κ3) is 2.52. The highest BCUT2D eigenvalue weighted by atomic mass is 15.1. The first-order chi connectivity index (χ1) is 7.81. The van der Waals surface area contributed by atoms with Crippen LogP contribution in [0.1, 0.15) is 17.2 Å². The molecule has 0 fully saturated rings. The van der Waals surface area contributed by atoms with Crippen LogP contribution in [0.5, 0.6) is 0 Å². The molecule has 1 aliphatic heterocycles. The SMILES string of the molecule is C=CCN(C)C[C@@H]1NCCc2ccccc21. The highest BCUT2D eigenvalue weighted by molar-refractivity contribution is 5.32. The molecule has 0 aliphatic carbocycles. The van der Waals surface area contributed by atoms with Gasteiger partial charge in [0.25, 0.3) is 0 Å². The molecular formula is C14H20N2. The monoisotopic (exact) mass is 216 g/mol. The number of nitrogens with zero attached hydrogens (tertiary/aromatic N) is 1. The molecule has 0 amide bonds. The van der Waals surface area contributed by atoms with Crippen LogP contribution in [-0.2, 0) is 6.42 Å². The van der Waals surface area contributed by atoms with Gasteiger partial charge in [-0.15, -0.1) is 6.58 Å². The van der Waals surface area contributed by atoms with Crippen molar-refractivity contribution < 1.29 is 0 Å². The fraction of sp³-hybridized carbons (Fsp3) is 0.429. The number of nitrogens with one attached hydrogen (secondary N) is 1. The van der Waals surface area contributed by atoms with Crippen LogP contribution in [0.4, 0.5) is 0 Å². The van der Waals surface area contributed by atoms with Crippen LogP contribution in [0.3, 0.4) is 0 Å². The van der Waals surface area contributed by atoms with Gasteiger partial charge in [0.1, 0.15) is 0 Å². The van der Waals surface area contributed by atoms with E-state index in [1.54, 1.807) is 0 Å². The van der Waals surface area contributed by atoms with Crippen molar-refractivity contribution in [3.05, 3.63) is 48.0 Å². The molecule has 0 aromatic heterocycles. The van der Waals surface area contributed by atoms with Crippen LogP contribution in [0, 0.1) is 0 Å². The molecule has 2 nitrogen and oxygen atoms in total.